The fourth-order valence-electron chi connectivity index (χ4n) is 1.51. The second kappa shape index (κ2) is 6.06. The van der Waals surface area contributed by atoms with E-state index in [-0.39, 0.29) is 12.2 Å². The van der Waals surface area contributed by atoms with Crippen molar-refractivity contribution in [1.82, 2.24) is 0 Å². The Bertz CT molecular complexity index is 492. The predicted octanol–water partition coefficient (Wildman–Crippen LogP) is 3.82. The Kier molecular flexibility index (Phi) is 4.95. The summed E-state index contributed by atoms with van der Waals surface area (Å²) in [5.74, 6) is -0.00509. The zero-order valence-electron chi connectivity index (χ0n) is 11.5. The lowest BCUT2D eigenvalue weighted by atomic mass is 10.1. The molecular formula is C14H18ClNO3. The highest BCUT2D eigenvalue weighted by atomic mass is 35.5. The molecule has 1 amide bonds. The van der Waals surface area contributed by atoms with Crippen molar-refractivity contribution in [2.24, 2.45) is 0 Å². The van der Waals surface area contributed by atoms with E-state index in [2.05, 4.69) is 5.32 Å². The summed E-state index contributed by atoms with van der Waals surface area (Å²) in [4.78, 5) is 22.9. The summed E-state index contributed by atoms with van der Waals surface area (Å²) in [5.41, 5.74) is 0.636. The highest BCUT2D eigenvalue weighted by Gasteiger charge is 2.17. The van der Waals surface area contributed by atoms with Gasteiger partial charge in [-0.3, -0.25) is 10.1 Å². The Balaban J connectivity index is 2.88. The van der Waals surface area contributed by atoms with E-state index < -0.39 is 11.7 Å². The Morgan fingerprint density at radius 1 is 1.32 bits per heavy atom. The first kappa shape index (κ1) is 15.5. The molecule has 0 aliphatic heterocycles. The zero-order chi connectivity index (χ0) is 14.6. The van der Waals surface area contributed by atoms with E-state index in [0.717, 1.165) is 0 Å². The molecule has 0 aliphatic carbocycles. The smallest absolute Gasteiger partial charge is 0.412 e. The number of carbonyl (C=O) groups is 2. The van der Waals surface area contributed by atoms with E-state index in [1.165, 1.54) is 6.92 Å². The second-order valence-electron chi connectivity index (χ2n) is 5.31. The molecule has 0 saturated heterocycles. The van der Waals surface area contributed by atoms with Crippen molar-refractivity contribution < 1.29 is 14.3 Å². The first-order valence-electron chi connectivity index (χ1n) is 5.95. The van der Waals surface area contributed by atoms with E-state index in [1.807, 2.05) is 0 Å². The molecule has 0 bridgehead atoms. The van der Waals surface area contributed by atoms with Crippen molar-refractivity contribution in [3.8, 4) is 0 Å². The number of hydrogen-bond acceptors (Lipinski definition) is 3. The molecule has 0 unspecified atom stereocenters. The van der Waals surface area contributed by atoms with Crippen LogP contribution in [-0.4, -0.2) is 17.5 Å². The average Bonchev–Trinajstić information content (AvgIpc) is 2.18. The summed E-state index contributed by atoms with van der Waals surface area (Å²) in [6.07, 6.45) is -0.342. The topological polar surface area (TPSA) is 55.4 Å². The molecule has 4 nitrogen and oxygen atoms in total. The van der Waals surface area contributed by atoms with Gasteiger partial charge in [0.25, 0.3) is 0 Å². The summed E-state index contributed by atoms with van der Waals surface area (Å²) in [6, 6.07) is 4.97. The number of nitrogens with one attached hydrogen (secondary N) is 1. The Morgan fingerprint density at radius 3 is 2.47 bits per heavy atom. The third-order valence-electron chi connectivity index (χ3n) is 2.14. The molecule has 0 atom stereocenters. The van der Waals surface area contributed by atoms with Crippen LogP contribution in [0.2, 0.25) is 5.02 Å². The number of Topliss-reactive ketones (excluding diaryl/α,β-unsaturated/α-hetero) is 1. The van der Waals surface area contributed by atoms with E-state index in [9.17, 15) is 9.59 Å². The van der Waals surface area contributed by atoms with Crippen LogP contribution in [0.5, 0.6) is 0 Å². The number of rotatable bonds is 3. The van der Waals surface area contributed by atoms with E-state index in [4.69, 9.17) is 16.3 Å². The highest BCUT2D eigenvalue weighted by molar-refractivity contribution is 6.30. The fraction of sp³-hybridized carbons (Fsp3) is 0.429. The van der Waals surface area contributed by atoms with Gasteiger partial charge < -0.3 is 4.74 Å². The van der Waals surface area contributed by atoms with Crippen molar-refractivity contribution in [1.29, 1.82) is 0 Å². The van der Waals surface area contributed by atoms with Crippen molar-refractivity contribution in [3.63, 3.8) is 0 Å². The standard InChI is InChI=1S/C14H18ClNO3/c1-9(17)7-10-8-11(15)5-6-12(10)16-13(18)19-14(2,3)4/h5-6,8H,7H2,1-4H3,(H,16,18). The molecule has 5 heteroatoms. The van der Waals surface area contributed by atoms with Gasteiger partial charge in [0.05, 0.1) is 0 Å². The van der Waals surface area contributed by atoms with Crippen LogP contribution in [-0.2, 0) is 16.0 Å². The molecule has 0 fully saturated rings. The number of ether oxygens (including phenoxy) is 1. The highest BCUT2D eigenvalue weighted by Crippen LogP contribution is 2.22. The van der Waals surface area contributed by atoms with Crippen molar-refractivity contribution in [2.75, 3.05) is 5.32 Å². The first-order chi connectivity index (χ1) is 8.67. The number of anilines is 1. The first-order valence-corrected chi connectivity index (χ1v) is 6.33. The molecule has 104 valence electrons. The van der Waals surface area contributed by atoms with Crippen molar-refractivity contribution in [2.45, 2.75) is 39.7 Å². The minimum atomic E-state index is -0.572. The van der Waals surface area contributed by atoms with E-state index in [1.54, 1.807) is 39.0 Å². The Hall–Kier alpha value is -1.55. The molecule has 1 rings (SSSR count). The SMILES string of the molecule is CC(=O)Cc1cc(Cl)ccc1NC(=O)OC(C)(C)C. The Morgan fingerprint density at radius 2 is 1.95 bits per heavy atom. The molecule has 1 aromatic carbocycles. The molecule has 0 radical (unpaired) electrons. The lowest BCUT2D eigenvalue weighted by Gasteiger charge is -2.20. The maximum absolute atomic E-state index is 11.7. The third-order valence-corrected chi connectivity index (χ3v) is 2.38. The van der Waals surface area contributed by atoms with E-state index in [0.29, 0.717) is 16.3 Å². The molecule has 0 aliphatic rings. The van der Waals surface area contributed by atoms with Crippen LogP contribution in [0.1, 0.15) is 33.3 Å². The monoisotopic (exact) mass is 283 g/mol. The maximum Gasteiger partial charge on any atom is 0.412 e. The number of halogens is 1. The molecule has 1 N–H and O–H groups in total. The summed E-state index contributed by atoms with van der Waals surface area (Å²) in [7, 11) is 0. The van der Waals surface area contributed by atoms with Gasteiger partial charge in [-0.25, -0.2) is 4.79 Å². The minimum Gasteiger partial charge on any atom is -0.444 e. The molecule has 0 saturated carbocycles. The number of ketones is 1. The van der Waals surface area contributed by atoms with Crippen LogP contribution in [0.25, 0.3) is 0 Å². The van der Waals surface area contributed by atoms with Gasteiger partial charge in [0.15, 0.2) is 0 Å². The maximum atomic E-state index is 11.7. The van der Waals surface area contributed by atoms with Gasteiger partial charge >= 0.3 is 6.09 Å². The zero-order valence-corrected chi connectivity index (χ0v) is 12.3. The molecule has 0 aromatic heterocycles. The molecular weight excluding hydrogens is 266 g/mol. The molecule has 19 heavy (non-hydrogen) atoms. The van der Waals surface area contributed by atoms with Crippen LogP contribution >= 0.6 is 11.6 Å². The lowest BCUT2D eigenvalue weighted by molar-refractivity contribution is -0.116. The minimum absolute atomic E-state index is 0.00509. The Labute approximate surface area is 118 Å². The van der Waals surface area contributed by atoms with Crippen LogP contribution in [0.4, 0.5) is 10.5 Å². The lowest BCUT2D eigenvalue weighted by Crippen LogP contribution is -2.27. The van der Waals surface area contributed by atoms with Gasteiger partial charge in [-0.05, 0) is 51.5 Å². The second-order valence-corrected chi connectivity index (χ2v) is 5.74. The summed E-state index contributed by atoms with van der Waals surface area (Å²) in [5, 5.41) is 3.15. The van der Waals surface area contributed by atoms with Crippen molar-refractivity contribution in [3.05, 3.63) is 28.8 Å². The summed E-state index contributed by atoms with van der Waals surface area (Å²) in [6.45, 7) is 6.83. The number of carbonyl (C=O) groups excluding carboxylic acids is 2. The van der Waals surface area contributed by atoms with Crippen LogP contribution < -0.4 is 5.32 Å². The van der Waals surface area contributed by atoms with Gasteiger partial charge in [0.1, 0.15) is 11.4 Å². The molecule has 1 aromatic rings. The van der Waals surface area contributed by atoms with E-state index >= 15 is 0 Å². The fourth-order valence-corrected chi connectivity index (χ4v) is 1.71. The van der Waals surface area contributed by atoms with Gasteiger partial charge in [0.2, 0.25) is 0 Å². The van der Waals surface area contributed by atoms with Gasteiger partial charge in [-0.1, -0.05) is 11.6 Å². The van der Waals surface area contributed by atoms with Crippen LogP contribution in [0.15, 0.2) is 18.2 Å². The van der Waals surface area contributed by atoms with Crippen molar-refractivity contribution >= 4 is 29.2 Å². The predicted molar refractivity (Wildman–Crippen MR) is 75.7 cm³/mol. The number of amides is 1. The van der Waals surface area contributed by atoms with Crippen LogP contribution in [0, 0.1) is 0 Å². The number of hydrogen-bond donors (Lipinski definition) is 1. The van der Waals surface area contributed by atoms with Gasteiger partial charge in [-0.2, -0.15) is 0 Å². The van der Waals surface area contributed by atoms with Crippen LogP contribution in [0.3, 0.4) is 0 Å². The third kappa shape index (κ3) is 5.75. The summed E-state index contributed by atoms with van der Waals surface area (Å²) < 4.78 is 5.16. The largest absolute Gasteiger partial charge is 0.444 e. The average molecular weight is 284 g/mol. The van der Waals surface area contributed by atoms with Gasteiger partial charge in [-0.15, -0.1) is 0 Å². The molecule has 0 heterocycles. The number of benzene rings is 1. The quantitative estimate of drug-likeness (QED) is 0.917. The summed E-state index contributed by atoms with van der Waals surface area (Å²) >= 11 is 5.89. The van der Waals surface area contributed by atoms with Gasteiger partial charge in [0, 0.05) is 17.1 Å². The molecule has 0 spiro atoms. The normalized spacial score (nSPS) is 11.0.